The standard InChI is InChI=1S/C21H26N2O4/c1-4-5-11-17-14(2)12-18(27-17)22-13-15(3)19(24)23(21(22)26)20(25)16-9-7-6-8-10-16/h6-10,13-14,17-18H,4-5,11-12H2,1-3H3/t14-,17+,18+/m0/s1/i11D/t11-,14+,17-,18-/m1. The lowest BCUT2D eigenvalue weighted by molar-refractivity contribution is -0.0113. The second-order valence-corrected chi connectivity index (χ2v) is 7.11. The van der Waals surface area contributed by atoms with Gasteiger partial charge in [0.15, 0.2) is 0 Å². The Morgan fingerprint density at radius 3 is 2.67 bits per heavy atom. The lowest BCUT2D eigenvalue weighted by atomic mass is 9.99. The van der Waals surface area contributed by atoms with E-state index in [0.717, 1.165) is 12.8 Å². The van der Waals surface area contributed by atoms with E-state index in [1.165, 1.54) is 10.8 Å². The zero-order valence-corrected chi connectivity index (χ0v) is 15.9. The molecule has 6 heteroatoms. The van der Waals surface area contributed by atoms with Crippen LogP contribution in [0.5, 0.6) is 0 Å². The fourth-order valence-corrected chi connectivity index (χ4v) is 3.41. The lowest BCUT2D eigenvalue weighted by Gasteiger charge is -2.18. The zero-order valence-electron chi connectivity index (χ0n) is 16.9. The highest BCUT2D eigenvalue weighted by Crippen LogP contribution is 2.34. The first-order valence-electron chi connectivity index (χ1n) is 9.95. The zero-order chi connectivity index (χ0) is 20.4. The molecule has 6 nitrogen and oxygen atoms in total. The van der Waals surface area contributed by atoms with Gasteiger partial charge >= 0.3 is 5.69 Å². The third-order valence-electron chi connectivity index (χ3n) is 4.96. The molecule has 0 aliphatic carbocycles. The van der Waals surface area contributed by atoms with Crippen molar-refractivity contribution in [3.05, 3.63) is 68.5 Å². The van der Waals surface area contributed by atoms with Gasteiger partial charge in [0, 0.05) is 18.7 Å². The van der Waals surface area contributed by atoms with Crippen LogP contribution in [0, 0.1) is 12.8 Å². The summed E-state index contributed by atoms with van der Waals surface area (Å²) in [7, 11) is 0. The predicted molar refractivity (Wildman–Crippen MR) is 103 cm³/mol. The predicted octanol–water partition coefficient (Wildman–Crippen LogP) is 3.12. The molecule has 0 radical (unpaired) electrons. The van der Waals surface area contributed by atoms with Gasteiger partial charge in [0.05, 0.1) is 6.10 Å². The van der Waals surface area contributed by atoms with Crippen LogP contribution in [0.25, 0.3) is 0 Å². The SMILES string of the molecule is [2H][C@H](CCC)[C@H]1O[C@@H](n2cc(C)c(=O)n(C(=O)c3ccccc3)c2=O)C[C@@H]1C. The van der Waals surface area contributed by atoms with Crippen molar-refractivity contribution in [3.63, 3.8) is 0 Å². The van der Waals surface area contributed by atoms with Crippen LogP contribution in [-0.2, 0) is 4.74 Å². The Labute approximate surface area is 159 Å². The van der Waals surface area contributed by atoms with Crippen LogP contribution in [0.4, 0.5) is 0 Å². The van der Waals surface area contributed by atoms with Crippen LogP contribution in [-0.4, -0.2) is 21.1 Å². The highest BCUT2D eigenvalue weighted by Gasteiger charge is 2.34. The first-order valence-corrected chi connectivity index (χ1v) is 9.37. The number of hydrogen-bond acceptors (Lipinski definition) is 4. The summed E-state index contributed by atoms with van der Waals surface area (Å²) in [5, 5.41) is 0. The second-order valence-electron chi connectivity index (χ2n) is 7.11. The summed E-state index contributed by atoms with van der Waals surface area (Å²) in [5.41, 5.74) is -0.771. The third-order valence-corrected chi connectivity index (χ3v) is 4.96. The number of carbonyl (C=O) groups is 1. The van der Waals surface area contributed by atoms with E-state index in [9.17, 15) is 14.4 Å². The average Bonchev–Trinajstić information content (AvgIpc) is 3.07. The molecule has 0 amide bonds. The molecule has 144 valence electrons. The van der Waals surface area contributed by atoms with Gasteiger partial charge in [-0.1, -0.05) is 44.9 Å². The van der Waals surface area contributed by atoms with Crippen LogP contribution >= 0.6 is 0 Å². The largest absolute Gasteiger partial charge is 0.354 e. The maximum absolute atomic E-state index is 13.0. The van der Waals surface area contributed by atoms with E-state index in [1.54, 1.807) is 37.3 Å². The summed E-state index contributed by atoms with van der Waals surface area (Å²) in [5.74, 6) is -0.545. The fourth-order valence-electron chi connectivity index (χ4n) is 3.41. The van der Waals surface area contributed by atoms with Crippen LogP contribution in [0.3, 0.4) is 0 Å². The molecule has 3 rings (SSSR count). The number of rotatable bonds is 5. The van der Waals surface area contributed by atoms with Crippen molar-refractivity contribution >= 4 is 5.91 Å². The van der Waals surface area contributed by atoms with Gasteiger partial charge in [-0.15, -0.1) is 0 Å². The van der Waals surface area contributed by atoms with Gasteiger partial charge in [0.25, 0.3) is 11.5 Å². The molecule has 1 aromatic carbocycles. The summed E-state index contributed by atoms with van der Waals surface area (Å²) in [6.07, 6.45) is 2.40. The van der Waals surface area contributed by atoms with Crippen molar-refractivity contribution in [2.75, 3.05) is 0 Å². The number of carbonyl (C=O) groups excluding carboxylic acids is 1. The normalized spacial score (nSPS) is 23.8. The van der Waals surface area contributed by atoms with Crippen LogP contribution in [0.2, 0.25) is 0 Å². The Balaban J connectivity index is 2.00. The number of hydrogen-bond donors (Lipinski definition) is 0. The van der Waals surface area contributed by atoms with E-state index < -0.39 is 23.4 Å². The Bertz CT molecular complexity index is 967. The van der Waals surface area contributed by atoms with Gasteiger partial charge < -0.3 is 4.74 Å². The van der Waals surface area contributed by atoms with E-state index in [-0.39, 0.29) is 24.0 Å². The van der Waals surface area contributed by atoms with Gasteiger partial charge in [-0.25, -0.2) is 4.79 Å². The van der Waals surface area contributed by atoms with Gasteiger partial charge in [-0.3, -0.25) is 14.2 Å². The van der Waals surface area contributed by atoms with Gasteiger partial charge in [0.1, 0.15) is 6.23 Å². The number of benzene rings is 1. The van der Waals surface area contributed by atoms with Crippen molar-refractivity contribution < 1.29 is 10.9 Å². The first-order chi connectivity index (χ1) is 13.3. The van der Waals surface area contributed by atoms with Crippen molar-refractivity contribution in [2.24, 2.45) is 5.92 Å². The molecule has 1 aromatic heterocycles. The van der Waals surface area contributed by atoms with E-state index in [1.807, 2.05) is 13.8 Å². The van der Waals surface area contributed by atoms with Crippen molar-refractivity contribution in [1.82, 2.24) is 9.13 Å². The smallest absolute Gasteiger partial charge is 0.340 e. The minimum absolute atomic E-state index is 0.108. The molecule has 1 fully saturated rings. The molecule has 0 bridgehead atoms. The van der Waals surface area contributed by atoms with Crippen LogP contribution in [0.1, 0.15) is 63.0 Å². The number of aryl methyl sites for hydroxylation is 1. The average molecular weight is 371 g/mol. The summed E-state index contributed by atoms with van der Waals surface area (Å²) < 4.78 is 16.3. The third kappa shape index (κ3) is 3.81. The van der Waals surface area contributed by atoms with Crippen molar-refractivity contribution in [3.8, 4) is 0 Å². The Morgan fingerprint density at radius 1 is 1.30 bits per heavy atom. The molecule has 0 N–H and O–H groups in total. The summed E-state index contributed by atoms with van der Waals surface area (Å²) in [4.78, 5) is 38.4. The Kier molecular flexibility index (Phi) is 5.34. The molecule has 4 atom stereocenters. The molecule has 0 spiro atoms. The number of nitrogens with zero attached hydrogens (tertiary/aromatic N) is 2. The van der Waals surface area contributed by atoms with E-state index in [0.29, 0.717) is 16.6 Å². The molecule has 0 unspecified atom stereocenters. The molecule has 2 heterocycles. The molecule has 1 aliphatic rings. The van der Waals surface area contributed by atoms with Gasteiger partial charge in [0.2, 0.25) is 0 Å². The summed E-state index contributed by atoms with van der Waals surface area (Å²) >= 11 is 0. The first kappa shape index (κ1) is 17.9. The molecule has 0 saturated carbocycles. The minimum Gasteiger partial charge on any atom is -0.354 e. The maximum Gasteiger partial charge on any atom is 0.340 e. The maximum atomic E-state index is 13.0. The topological polar surface area (TPSA) is 70.3 Å². The summed E-state index contributed by atoms with van der Waals surface area (Å²) in [6, 6.07) is 8.26. The highest BCUT2D eigenvalue weighted by atomic mass is 16.5. The van der Waals surface area contributed by atoms with E-state index >= 15 is 0 Å². The van der Waals surface area contributed by atoms with Crippen molar-refractivity contribution in [2.45, 2.75) is 58.8 Å². The van der Waals surface area contributed by atoms with Crippen LogP contribution < -0.4 is 11.2 Å². The Hall–Kier alpha value is -2.47. The van der Waals surface area contributed by atoms with Gasteiger partial charge in [-0.05, 0) is 37.8 Å². The molecule has 2 aromatic rings. The Morgan fingerprint density at radius 2 is 2.00 bits per heavy atom. The molecule has 27 heavy (non-hydrogen) atoms. The van der Waals surface area contributed by atoms with E-state index in [4.69, 9.17) is 6.11 Å². The number of aromatic nitrogens is 2. The number of ether oxygens (including phenoxy) is 1. The van der Waals surface area contributed by atoms with E-state index in [2.05, 4.69) is 0 Å². The van der Waals surface area contributed by atoms with Crippen LogP contribution in [0.15, 0.2) is 46.1 Å². The lowest BCUT2D eigenvalue weighted by Crippen LogP contribution is -2.45. The molecular formula is C21H26N2O4. The van der Waals surface area contributed by atoms with Crippen molar-refractivity contribution in [1.29, 1.82) is 0 Å². The summed E-state index contributed by atoms with van der Waals surface area (Å²) in [6.45, 7) is 5.61. The fraction of sp³-hybridized carbons (Fsp3) is 0.476. The molecule has 1 saturated heterocycles. The molecule has 1 aliphatic heterocycles. The molecular weight excluding hydrogens is 344 g/mol. The second kappa shape index (κ2) is 8.05. The monoisotopic (exact) mass is 371 g/mol. The van der Waals surface area contributed by atoms with Gasteiger partial charge in [-0.2, -0.15) is 4.57 Å². The minimum atomic E-state index is -0.709. The highest BCUT2D eigenvalue weighted by molar-refractivity contribution is 5.95. The quantitative estimate of drug-likeness (QED) is 0.810.